The lowest BCUT2D eigenvalue weighted by molar-refractivity contribution is -0.384. The molecule has 0 unspecified atom stereocenters. The molecule has 0 aliphatic rings. The number of carbonyl (C=O) groups is 2. The summed E-state index contributed by atoms with van der Waals surface area (Å²) in [6, 6.07) is 16.7. The van der Waals surface area contributed by atoms with E-state index in [2.05, 4.69) is 10.6 Å². The number of nitro benzene ring substituents is 1. The van der Waals surface area contributed by atoms with Crippen LogP contribution in [0.5, 0.6) is 0 Å². The van der Waals surface area contributed by atoms with Crippen molar-refractivity contribution < 1.29 is 23.7 Å². The molecule has 1 aromatic heterocycles. The number of hydrogen-bond acceptors (Lipinski definition) is 7. The second kappa shape index (κ2) is 9.87. The van der Waals surface area contributed by atoms with Crippen molar-refractivity contribution in [3.8, 4) is 0 Å². The standard InChI is InChI=1S/C21H19N3O6/c25-20(23-13-17-7-4-10-29-17)14-30-21(26)18-11-16(24(27)28)8-9-19(18)22-12-15-5-2-1-3-6-15/h1-11,22H,12-14H2,(H,23,25). The predicted octanol–water partition coefficient (Wildman–Crippen LogP) is 3.27. The van der Waals surface area contributed by atoms with Gasteiger partial charge in [0.25, 0.3) is 11.6 Å². The second-order valence-corrected chi connectivity index (χ2v) is 6.26. The van der Waals surface area contributed by atoms with E-state index in [1.807, 2.05) is 30.3 Å². The van der Waals surface area contributed by atoms with Crippen LogP contribution in [0.15, 0.2) is 71.3 Å². The van der Waals surface area contributed by atoms with Crippen LogP contribution in [0.25, 0.3) is 0 Å². The number of benzene rings is 2. The highest BCUT2D eigenvalue weighted by molar-refractivity contribution is 5.97. The number of esters is 1. The summed E-state index contributed by atoms with van der Waals surface area (Å²) in [5, 5.41) is 16.7. The minimum absolute atomic E-state index is 0.0287. The first-order valence-electron chi connectivity index (χ1n) is 9.05. The molecule has 9 nitrogen and oxygen atoms in total. The Hall–Kier alpha value is -4.14. The van der Waals surface area contributed by atoms with Crippen LogP contribution in [0.3, 0.4) is 0 Å². The molecule has 0 aliphatic carbocycles. The van der Waals surface area contributed by atoms with Crippen molar-refractivity contribution in [3.63, 3.8) is 0 Å². The van der Waals surface area contributed by atoms with E-state index < -0.39 is 23.4 Å². The number of nitro groups is 1. The lowest BCUT2D eigenvalue weighted by Gasteiger charge is -2.12. The molecule has 9 heteroatoms. The van der Waals surface area contributed by atoms with Crippen molar-refractivity contribution >= 4 is 23.3 Å². The summed E-state index contributed by atoms with van der Waals surface area (Å²) in [6.45, 7) is 0.0347. The zero-order valence-corrected chi connectivity index (χ0v) is 15.9. The number of ether oxygens (including phenoxy) is 1. The first-order valence-corrected chi connectivity index (χ1v) is 9.05. The van der Waals surface area contributed by atoms with Gasteiger partial charge < -0.3 is 19.8 Å². The zero-order chi connectivity index (χ0) is 21.3. The Kier molecular flexibility index (Phi) is 6.78. The van der Waals surface area contributed by atoms with Crippen molar-refractivity contribution in [1.82, 2.24) is 5.32 Å². The first kappa shape index (κ1) is 20.6. The summed E-state index contributed by atoms with van der Waals surface area (Å²) in [6.07, 6.45) is 1.48. The topological polar surface area (TPSA) is 124 Å². The van der Waals surface area contributed by atoms with Crippen molar-refractivity contribution in [2.24, 2.45) is 0 Å². The molecular formula is C21H19N3O6. The van der Waals surface area contributed by atoms with Crippen molar-refractivity contribution in [2.75, 3.05) is 11.9 Å². The third kappa shape index (κ3) is 5.68. The van der Waals surface area contributed by atoms with Crippen LogP contribution in [0.2, 0.25) is 0 Å². The van der Waals surface area contributed by atoms with Gasteiger partial charge in [0, 0.05) is 24.4 Å². The summed E-state index contributed by atoms with van der Waals surface area (Å²) in [7, 11) is 0. The van der Waals surface area contributed by atoms with E-state index in [0.29, 0.717) is 18.0 Å². The predicted molar refractivity (Wildman–Crippen MR) is 108 cm³/mol. The fourth-order valence-corrected chi connectivity index (χ4v) is 2.62. The third-order valence-electron chi connectivity index (χ3n) is 4.13. The molecule has 0 bridgehead atoms. The number of anilines is 1. The average molecular weight is 409 g/mol. The van der Waals surface area contributed by atoms with Crippen molar-refractivity contribution in [2.45, 2.75) is 13.1 Å². The van der Waals surface area contributed by atoms with Gasteiger partial charge in [-0.05, 0) is 23.8 Å². The molecule has 0 radical (unpaired) electrons. The van der Waals surface area contributed by atoms with Crippen molar-refractivity contribution in [1.29, 1.82) is 0 Å². The van der Waals surface area contributed by atoms with Gasteiger partial charge in [-0.15, -0.1) is 0 Å². The van der Waals surface area contributed by atoms with E-state index in [4.69, 9.17) is 9.15 Å². The molecule has 0 saturated carbocycles. The lowest BCUT2D eigenvalue weighted by Crippen LogP contribution is -2.28. The van der Waals surface area contributed by atoms with Gasteiger partial charge in [-0.25, -0.2) is 4.79 Å². The number of nitrogens with zero attached hydrogens (tertiary/aromatic N) is 1. The molecule has 154 valence electrons. The Morgan fingerprint density at radius 2 is 1.83 bits per heavy atom. The average Bonchev–Trinajstić information content (AvgIpc) is 3.29. The maximum Gasteiger partial charge on any atom is 0.341 e. The smallest absolute Gasteiger partial charge is 0.341 e. The fraction of sp³-hybridized carbons (Fsp3) is 0.143. The molecule has 0 fully saturated rings. The quantitative estimate of drug-likeness (QED) is 0.316. The summed E-state index contributed by atoms with van der Waals surface area (Å²) in [5.41, 5.74) is 1.05. The van der Waals surface area contributed by atoms with E-state index in [1.165, 1.54) is 18.4 Å². The number of amides is 1. The minimum Gasteiger partial charge on any atom is -0.467 e. The molecule has 0 saturated heterocycles. The largest absolute Gasteiger partial charge is 0.467 e. The van der Waals surface area contributed by atoms with Crippen LogP contribution in [-0.4, -0.2) is 23.4 Å². The van der Waals surface area contributed by atoms with Gasteiger partial charge in [-0.2, -0.15) is 0 Å². The molecule has 0 aliphatic heterocycles. The highest BCUT2D eigenvalue weighted by Gasteiger charge is 2.19. The second-order valence-electron chi connectivity index (χ2n) is 6.26. The summed E-state index contributed by atoms with van der Waals surface area (Å²) < 4.78 is 10.1. The van der Waals surface area contributed by atoms with Crippen LogP contribution in [0, 0.1) is 10.1 Å². The molecule has 2 aromatic carbocycles. The molecule has 0 atom stereocenters. The minimum atomic E-state index is -0.845. The van der Waals surface area contributed by atoms with Gasteiger partial charge in [0.05, 0.1) is 23.3 Å². The summed E-state index contributed by atoms with van der Waals surface area (Å²) >= 11 is 0. The Bertz CT molecular complexity index is 1020. The highest BCUT2D eigenvalue weighted by atomic mass is 16.6. The molecule has 2 N–H and O–H groups in total. The molecule has 30 heavy (non-hydrogen) atoms. The zero-order valence-electron chi connectivity index (χ0n) is 15.9. The molecule has 3 rings (SSSR count). The van der Waals surface area contributed by atoms with Crippen molar-refractivity contribution in [3.05, 3.63) is 93.9 Å². The normalized spacial score (nSPS) is 10.3. The van der Waals surface area contributed by atoms with Gasteiger partial charge in [-0.1, -0.05) is 30.3 Å². The summed E-state index contributed by atoms with van der Waals surface area (Å²) in [5.74, 6) is -0.813. The van der Waals surface area contributed by atoms with Gasteiger partial charge in [-0.3, -0.25) is 14.9 Å². The molecule has 3 aromatic rings. The fourth-order valence-electron chi connectivity index (χ4n) is 2.62. The SMILES string of the molecule is O=C(COC(=O)c1cc([N+](=O)[O-])ccc1NCc1ccccc1)NCc1ccco1. The Labute approximate surface area is 171 Å². The number of hydrogen-bond donors (Lipinski definition) is 2. The Morgan fingerprint density at radius 3 is 2.53 bits per heavy atom. The van der Waals surface area contributed by atoms with E-state index in [0.717, 1.165) is 11.6 Å². The number of non-ortho nitro benzene ring substituents is 1. The third-order valence-corrected chi connectivity index (χ3v) is 4.13. The van der Waals surface area contributed by atoms with E-state index in [-0.39, 0.29) is 17.8 Å². The van der Waals surface area contributed by atoms with Crippen LogP contribution in [-0.2, 0) is 22.6 Å². The van der Waals surface area contributed by atoms with Crippen LogP contribution in [0.1, 0.15) is 21.7 Å². The van der Waals surface area contributed by atoms with Gasteiger partial charge >= 0.3 is 5.97 Å². The molecule has 1 amide bonds. The van der Waals surface area contributed by atoms with Crippen LogP contribution >= 0.6 is 0 Å². The summed E-state index contributed by atoms with van der Waals surface area (Å²) in [4.78, 5) is 34.9. The maximum atomic E-state index is 12.5. The maximum absolute atomic E-state index is 12.5. The van der Waals surface area contributed by atoms with Crippen LogP contribution < -0.4 is 10.6 Å². The van der Waals surface area contributed by atoms with E-state index >= 15 is 0 Å². The van der Waals surface area contributed by atoms with E-state index in [1.54, 1.807) is 12.1 Å². The number of nitrogens with one attached hydrogen (secondary N) is 2. The Morgan fingerprint density at radius 1 is 1.03 bits per heavy atom. The highest BCUT2D eigenvalue weighted by Crippen LogP contribution is 2.23. The van der Waals surface area contributed by atoms with E-state index in [9.17, 15) is 19.7 Å². The molecule has 1 heterocycles. The number of furan rings is 1. The number of carbonyl (C=O) groups excluding carboxylic acids is 2. The Balaban J connectivity index is 1.65. The van der Waals surface area contributed by atoms with Gasteiger partial charge in [0.2, 0.25) is 0 Å². The number of rotatable bonds is 9. The van der Waals surface area contributed by atoms with Crippen LogP contribution in [0.4, 0.5) is 11.4 Å². The molecular weight excluding hydrogens is 390 g/mol. The van der Waals surface area contributed by atoms with Gasteiger partial charge in [0.1, 0.15) is 5.76 Å². The monoisotopic (exact) mass is 409 g/mol. The van der Waals surface area contributed by atoms with Gasteiger partial charge in [0.15, 0.2) is 6.61 Å². The first-order chi connectivity index (χ1) is 14.5. The molecule has 0 spiro atoms. The lowest BCUT2D eigenvalue weighted by atomic mass is 10.1.